The maximum absolute atomic E-state index is 5.29. The van der Waals surface area contributed by atoms with Gasteiger partial charge < -0.3 is 14.2 Å². The average Bonchev–Trinajstić information content (AvgIpc) is 3.27. The number of ether oxygens (including phenoxy) is 1. The van der Waals surface area contributed by atoms with Crippen molar-refractivity contribution < 1.29 is 9.26 Å². The molecule has 8 nitrogen and oxygen atoms in total. The molecule has 0 radical (unpaired) electrons. The Balaban J connectivity index is 1.44. The van der Waals surface area contributed by atoms with E-state index in [-0.39, 0.29) is 0 Å². The summed E-state index contributed by atoms with van der Waals surface area (Å²) in [7, 11) is 1.62. The minimum atomic E-state index is 0.376. The number of hydrogen-bond acceptors (Lipinski definition) is 8. The summed E-state index contributed by atoms with van der Waals surface area (Å²) in [6.07, 6.45) is 3.39. The van der Waals surface area contributed by atoms with E-state index in [9.17, 15) is 0 Å². The second-order valence-electron chi connectivity index (χ2n) is 6.37. The summed E-state index contributed by atoms with van der Waals surface area (Å²) < 4.78 is 10.3. The minimum Gasteiger partial charge on any atom is -0.377 e. The van der Waals surface area contributed by atoms with Crippen LogP contribution in [0.3, 0.4) is 0 Å². The van der Waals surface area contributed by atoms with Crippen LogP contribution in [0, 0.1) is 0 Å². The SMILES string of the molecule is COCc1noc(CN2CCc3nnc(N4CCCC4)cc3C2)n1. The molecule has 0 aromatic carbocycles. The standard InChI is InChI=1S/C16H22N6O2/c1-23-11-14-17-16(24-20-14)10-21-7-4-13-12(9-21)8-15(19-18-13)22-5-2-3-6-22/h8H,2-7,9-11H2,1H3. The van der Waals surface area contributed by atoms with Crippen LogP contribution in [-0.2, 0) is 30.9 Å². The number of hydrogen-bond donors (Lipinski definition) is 0. The summed E-state index contributed by atoms with van der Waals surface area (Å²) in [5.74, 6) is 2.23. The molecule has 1 fully saturated rings. The Bertz CT molecular complexity index is 698. The summed E-state index contributed by atoms with van der Waals surface area (Å²) in [4.78, 5) is 8.98. The third kappa shape index (κ3) is 3.25. The van der Waals surface area contributed by atoms with Crippen LogP contribution in [0.25, 0.3) is 0 Å². The van der Waals surface area contributed by atoms with Crippen LogP contribution in [0.1, 0.15) is 35.8 Å². The fourth-order valence-corrected chi connectivity index (χ4v) is 3.34. The third-order valence-corrected chi connectivity index (χ3v) is 4.58. The van der Waals surface area contributed by atoms with Crippen molar-refractivity contribution in [2.75, 3.05) is 31.6 Å². The summed E-state index contributed by atoms with van der Waals surface area (Å²) in [6.45, 7) is 4.96. The maximum Gasteiger partial charge on any atom is 0.240 e. The van der Waals surface area contributed by atoms with E-state index in [4.69, 9.17) is 9.26 Å². The number of anilines is 1. The second kappa shape index (κ2) is 6.82. The lowest BCUT2D eigenvalue weighted by Crippen LogP contribution is -2.31. The van der Waals surface area contributed by atoms with E-state index in [0.717, 1.165) is 44.1 Å². The van der Waals surface area contributed by atoms with Crippen LogP contribution in [0.5, 0.6) is 0 Å². The lowest BCUT2D eigenvalue weighted by Gasteiger charge is -2.27. The molecule has 2 aromatic rings. The molecule has 0 unspecified atom stereocenters. The van der Waals surface area contributed by atoms with Gasteiger partial charge in [-0.25, -0.2) is 0 Å². The molecule has 2 aliphatic rings. The van der Waals surface area contributed by atoms with Crippen LogP contribution in [0.2, 0.25) is 0 Å². The molecule has 2 aliphatic heterocycles. The van der Waals surface area contributed by atoms with E-state index in [1.54, 1.807) is 7.11 Å². The van der Waals surface area contributed by atoms with Gasteiger partial charge in [0.25, 0.3) is 0 Å². The first-order valence-corrected chi connectivity index (χ1v) is 8.45. The molecular weight excluding hydrogens is 308 g/mol. The third-order valence-electron chi connectivity index (χ3n) is 4.58. The van der Waals surface area contributed by atoms with E-state index in [0.29, 0.717) is 24.9 Å². The Morgan fingerprint density at radius 1 is 1.21 bits per heavy atom. The van der Waals surface area contributed by atoms with Crippen LogP contribution in [0.15, 0.2) is 10.6 Å². The van der Waals surface area contributed by atoms with Crippen molar-refractivity contribution in [2.24, 2.45) is 0 Å². The van der Waals surface area contributed by atoms with Gasteiger partial charge in [0.15, 0.2) is 11.6 Å². The second-order valence-corrected chi connectivity index (χ2v) is 6.37. The van der Waals surface area contributed by atoms with Gasteiger partial charge in [-0.05, 0) is 24.5 Å². The van der Waals surface area contributed by atoms with Crippen LogP contribution >= 0.6 is 0 Å². The lowest BCUT2D eigenvalue weighted by molar-refractivity contribution is 0.174. The molecule has 8 heteroatoms. The van der Waals surface area contributed by atoms with E-state index >= 15 is 0 Å². The molecule has 0 amide bonds. The Morgan fingerprint density at radius 3 is 2.92 bits per heavy atom. The van der Waals surface area contributed by atoms with Gasteiger partial charge in [-0.1, -0.05) is 5.16 Å². The summed E-state index contributed by atoms with van der Waals surface area (Å²) in [5, 5.41) is 12.8. The molecule has 24 heavy (non-hydrogen) atoms. The molecule has 0 bridgehead atoms. The highest BCUT2D eigenvalue weighted by molar-refractivity contribution is 5.42. The first-order chi connectivity index (χ1) is 11.8. The molecule has 2 aromatic heterocycles. The first-order valence-electron chi connectivity index (χ1n) is 8.45. The van der Waals surface area contributed by atoms with Gasteiger partial charge in [-0.2, -0.15) is 10.1 Å². The zero-order chi connectivity index (χ0) is 16.4. The molecule has 4 rings (SSSR count). The lowest BCUT2D eigenvalue weighted by atomic mass is 10.1. The minimum absolute atomic E-state index is 0.376. The highest BCUT2D eigenvalue weighted by atomic mass is 16.5. The van der Waals surface area contributed by atoms with Gasteiger partial charge in [0.1, 0.15) is 6.61 Å². The van der Waals surface area contributed by atoms with Crippen LogP contribution in [-0.4, -0.2) is 52.0 Å². The quantitative estimate of drug-likeness (QED) is 0.808. The molecule has 1 saturated heterocycles. The largest absolute Gasteiger partial charge is 0.377 e. The first kappa shape index (κ1) is 15.5. The van der Waals surface area contributed by atoms with Gasteiger partial charge in [0.2, 0.25) is 5.89 Å². The van der Waals surface area contributed by atoms with Crippen molar-refractivity contribution in [3.8, 4) is 0 Å². The van der Waals surface area contributed by atoms with E-state index in [2.05, 4.69) is 36.2 Å². The molecule has 128 valence electrons. The number of methoxy groups -OCH3 is 1. The van der Waals surface area contributed by atoms with Gasteiger partial charge in [0, 0.05) is 39.7 Å². The maximum atomic E-state index is 5.29. The van der Waals surface area contributed by atoms with Crippen molar-refractivity contribution in [3.05, 3.63) is 29.0 Å². The van der Waals surface area contributed by atoms with Crippen molar-refractivity contribution in [3.63, 3.8) is 0 Å². The van der Waals surface area contributed by atoms with Gasteiger partial charge >= 0.3 is 0 Å². The van der Waals surface area contributed by atoms with Crippen molar-refractivity contribution in [2.45, 2.75) is 39.0 Å². The van der Waals surface area contributed by atoms with Crippen molar-refractivity contribution >= 4 is 5.82 Å². The molecule has 0 spiro atoms. The van der Waals surface area contributed by atoms with E-state index in [1.807, 2.05) is 0 Å². The fourth-order valence-electron chi connectivity index (χ4n) is 3.34. The van der Waals surface area contributed by atoms with Crippen LogP contribution in [0.4, 0.5) is 5.82 Å². The van der Waals surface area contributed by atoms with Gasteiger partial charge in [-0.15, -0.1) is 5.10 Å². The monoisotopic (exact) mass is 330 g/mol. The molecule has 0 N–H and O–H groups in total. The van der Waals surface area contributed by atoms with Crippen molar-refractivity contribution in [1.82, 2.24) is 25.2 Å². The molecule has 0 saturated carbocycles. The number of nitrogens with zero attached hydrogens (tertiary/aromatic N) is 6. The Hall–Kier alpha value is -2.06. The highest BCUT2D eigenvalue weighted by Gasteiger charge is 2.22. The Kier molecular flexibility index (Phi) is 4.40. The molecular formula is C16H22N6O2. The van der Waals surface area contributed by atoms with Gasteiger partial charge in [-0.3, -0.25) is 4.90 Å². The molecule has 0 atom stereocenters. The highest BCUT2D eigenvalue weighted by Crippen LogP contribution is 2.23. The number of aromatic nitrogens is 4. The predicted octanol–water partition coefficient (Wildman–Crippen LogP) is 1.16. The van der Waals surface area contributed by atoms with Crippen LogP contribution < -0.4 is 4.90 Å². The molecule has 0 aliphatic carbocycles. The average molecular weight is 330 g/mol. The summed E-state index contributed by atoms with van der Waals surface area (Å²) in [5.41, 5.74) is 2.37. The summed E-state index contributed by atoms with van der Waals surface area (Å²) >= 11 is 0. The van der Waals surface area contributed by atoms with E-state index < -0.39 is 0 Å². The molecule has 4 heterocycles. The fraction of sp³-hybridized carbons (Fsp3) is 0.625. The zero-order valence-electron chi connectivity index (χ0n) is 13.9. The van der Waals surface area contributed by atoms with Gasteiger partial charge in [0.05, 0.1) is 12.2 Å². The Morgan fingerprint density at radius 2 is 2.08 bits per heavy atom. The summed E-state index contributed by atoms with van der Waals surface area (Å²) in [6, 6.07) is 2.20. The normalized spacial score (nSPS) is 18.1. The van der Waals surface area contributed by atoms with E-state index in [1.165, 1.54) is 18.4 Å². The Labute approximate surface area is 140 Å². The topological polar surface area (TPSA) is 80.4 Å². The zero-order valence-corrected chi connectivity index (χ0v) is 13.9. The number of rotatable bonds is 5. The number of fused-ring (bicyclic) bond motifs is 1. The smallest absolute Gasteiger partial charge is 0.240 e. The van der Waals surface area contributed by atoms with Crippen molar-refractivity contribution in [1.29, 1.82) is 0 Å². The predicted molar refractivity (Wildman–Crippen MR) is 86.3 cm³/mol.